The second-order valence-corrected chi connectivity index (χ2v) is 9.04. The Morgan fingerprint density at radius 2 is 2.08 bits per heavy atom. The molecule has 0 amide bonds. The van der Waals surface area contributed by atoms with Crippen LogP contribution >= 0.6 is 0 Å². The molecular weight excluding hydrogens is 330 g/mol. The van der Waals surface area contributed by atoms with Crippen molar-refractivity contribution in [2.75, 3.05) is 44.9 Å². The lowest BCUT2D eigenvalue weighted by atomic mass is 9.73. The fraction of sp³-hybridized carbons (Fsp3) is 0.938. The van der Waals surface area contributed by atoms with Crippen molar-refractivity contribution < 1.29 is 18.3 Å². The van der Waals surface area contributed by atoms with Gasteiger partial charge in [0.05, 0.1) is 31.6 Å². The first-order valence-corrected chi connectivity index (χ1v) is 10.8. The minimum absolute atomic E-state index is 0.0391. The van der Waals surface area contributed by atoms with Crippen molar-refractivity contribution in [2.24, 2.45) is 10.4 Å². The summed E-state index contributed by atoms with van der Waals surface area (Å²) in [5.41, 5.74) is -0.160. The topological polar surface area (TPSA) is 100 Å². The SMILES string of the molecule is CCNC(=NCC1(C)CCCCC1O)NCCOCCS(C)(=O)=O. The van der Waals surface area contributed by atoms with E-state index in [2.05, 4.69) is 22.5 Å². The Balaban J connectivity index is 2.37. The zero-order valence-corrected chi connectivity index (χ0v) is 16.0. The van der Waals surface area contributed by atoms with Gasteiger partial charge in [0.15, 0.2) is 5.96 Å². The largest absolute Gasteiger partial charge is 0.392 e. The van der Waals surface area contributed by atoms with Gasteiger partial charge in [0, 0.05) is 24.8 Å². The summed E-state index contributed by atoms with van der Waals surface area (Å²) in [6.07, 6.45) is 4.98. The average Bonchev–Trinajstić information content (AvgIpc) is 2.50. The lowest BCUT2D eigenvalue weighted by molar-refractivity contribution is 0.00715. The molecule has 2 atom stereocenters. The van der Waals surface area contributed by atoms with Gasteiger partial charge in [-0.05, 0) is 19.8 Å². The molecule has 0 bridgehead atoms. The molecule has 0 radical (unpaired) electrons. The van der Waals surface area contributed by atoms with Crippen LogP contribution in [0.3, 0.4) is 0 Å². The second kappa shape index (κ2) is 10.2. The third kappa shape index (κ3) is 8.30. The number of sulfone groups is 1. The summed E-state index contributed by atoms with van der Waals surface area (Å²) >= 11 is 0. The van der Waals surface area contributed by atoms with E-state index in [0.717, 1.165) is 32.2 Å². The molecule has 142 valence electrons. The molecule has 1 rings (SSSR count). The number of aliphatic hydroxyl groups excluding tert-OH is 1. The van der Waals surface area contributed by atoms with Crippen molar-refractivity contribution in [1.29, 1.82) is 0 Å². The number of ether oxygens (including phenoxy) is 1. The van der Waals surface area contributed by atoms with Gasteiger partial charge in [-0.2, -0.15) is 0 Å². The highest BCUT2D eigenvalue weighted by Gasteiger charge is 2.35. The molecule has 0 aromatic rings. The van der Waals surface area contributed by atoms with Gasteiger partial charge in [-0.3, -0.25) is 4.99 Å². The number of nitrogens with one attached hydrogen (secondary N) is 2. The Kier molecular flexibility index (Phi) is 9.01. The third-order valence-electron chi connectivity index (χ3n) is 4.36. The first kappa shape index (κ1) is 21.2. The van der Waals surface area contributed by atoms with Crippen molar-refractivity contribution in [3.63, 3.8) is 0 Å². The van der Waals surface area contributed by atoms with Gasteiger partial charge < -0.3 is 20.5 Å². The maximum atomic E-state index is 11.0. The molecule has 1 aliphatic rings. The molecule has 8 heteroatoms. The van der Waals surface area contributed by atoms with Gasteiger partial charge in [0.2, 0.25) is 0 Å². The zero-order valence-electron chi connectivity index (χ0n) is 15.2. The van der Waals surface area contributed by atoms with Crippen LogP contribution in [-0.2, 0) is 14.6 Å². The lowest BCUT2D eigenvalue weighted by Crippen LogP contribution is -2.42. The highest BCUT2D eigenvalue weighted by molar-refractivity contribution is 7.90. The lowest BCUT2D eigenvalue weighted by Gasteiger charge is -2.37. The fourth-order valence-corrected chi connectivity index (χ4v) is 3.14. The van der Waals surface area contributed by atoms with Crippen LogP contribution in [0.2, 0.25) is 0 Å². The Labute approximate surface area is 146 Å². The maximum Gasteiger partial charge on any atom is 0.191 e. The number of hydrogen-bond acceptors (Lipinski definition) is 5. The normalized spacial score (nSPS) is 25.5. The first-order chi connectivity index (χ1) is 11.3. The van der Waals surface area contributed by atoms with Crippen molar-refractivity contribution in [1.82, 2.24) is 10.6 Å². The van der Waals surface area contributed by atoms with Gasteiger partial charge in [-0.1, -0.05) is 19.8 Å². The van der Waals surface area contributed by atoms with Crippen LogP contribution < -0.4 is 10.6 Å². The van der Waals surface area contributed by atoms with Crippen LogP contribution in [0.1, 0.15) is 39.5 Å². The van der Waals surface area contributed by atoms with Crippen molar-refractivity contribution in [2.45, 2.75) is 45.6 Å². The summed E-state index contributed by atoms with van der Waals surface area (Å²) in [5, 5.41) is 16.6. The van der Waals surface area contributed by atoms with Crippen LogP contribution in [0.4, 0.5) is 0 Å². The predicted octanol–water partition coefficient (Wildman–Crippen LogP) is 0.544. The Morgan fingerprint density at radius 1 is 1.33 bits per heavy atom. The molecule has 0 saturated heterocycles. The number of guanidine groups is 1. The molecule has 0 aliphatic heterocycles. The van der Waals surface area contributed by atoms with E-state index in [1.807, 2.05) is 6.92 Å². The summed E-state index contributed by atoms with van der Waals surface area (Å²) in [6, 6.07) is 0. The van der Waals surface area contributed by atoms with Crippen molar-refractivity contribution >= 4 is 15.8 Å². The summed E-state index contributed by atoms with van der Waals surface area (Å²) < 4.78 is 27.3. The summed E-state index contributed by atoms with van der Waals surface area (Å²) in [7, 11) is -2.97. The molecule has 1 aliphatic carbocycles. The minimum Gasteiger partial charge on any atom is -0.392 e. The quantitative estimate of drug-likeness (QED) is 0.314. The van der Waals surface area contributed by atoms with E-state index in [1.54, 1.807) is 0 Å². The van der Waals surface area contributed by atoms with Crippen molar-refractivity contribution in [3.8, 4) is 0 Å². The zero-order chi connectivity index (χ0) is 18.1. The number of hydrogen-bond donors (Lipinski definition) is 3. The summed E-state index contributed by atoms with van der Waals surface area (Å²) in [5.74, 6) is 0.737. The average molecular weight is 364 g/mol. The van der Waals surface area contributed by atoms with Crippen LogP contribution in [0, 0.1) is 5.41 Å². The highest BCUT2D eigenvalue weighted by atomic mass is 32.2. The van der Waals surface area contributed by atoms with Crippen LogP contribution in [0.15, 0.2) is 4.99 Å². The Hall–Kier alpha value is -0.860. The molecule has 2 unspecified atom stereocenters. The van der Waals surface area contributed by atoms with E-state index in [1.165, 1.54) is 6.26 Å². The van der Waals surface area contributed by atoms with Gasteiger partial charge >= 0.3 is 0 Å². The monoisotopic (exact) mass is 363 g/mol. The second-order valence-electron chi connectivity index (χ2n) is 6.78. The molecule has 24 heavy (non-hydrogen) atoms. The van der Waals surface area contributed by atoms with Crippen LogP contribution in [0.25, 0.3) is 0 Å². The number of aliphatic imine (C=N–C) groups is 1. The van der Waals surface area contributed by atoms with E-state index < -0.39 is 9.84 Å². The van der Waals surface area contributed by atoms with Crippen molar-refractivity contribution in [3.05, 3.63) is 0 Å². The predicted molar refractivity (Wildman–Crippen MR) is 97.1 cm³/mol. The Bertz CT molecular complexity index is 496. The van der Waals surface area contributed by atoms with E-state index in [0.29, 0.717) is 25.7 Å². The van der Waals surface area contributed by atoms with E-state index in [9.17, 15) is 13.5 Å². The molecule has 0 heterocycles. The van der Waals surface area contributed by atoms with E-state index in [4.69, 9.17) is 4.74 Å². The molecular formula is C16H33N3O4S. The fourth-order valence-electron chi connectivity index (χ4n) is 2.72. The summed E-state index contributed by atoms with van der Waals surface area (Å²) in [4.78, 5) is 4.60. The van der Waals surface area contributed by atoms with E-state index in [-0.39, 0.29) is 23.9 Å². The van der Waals surface area contributed by atoms with Crippen LogP contribution in [-0.4, -0.2) is 70.4 Å². The maximum absolute atomic E-state index is 11.0. The molecule has 0 spiro atoms. The number of nitrogens with zero attached hydrogens (tertiary/aromatic N) is 1. The van der Waals surface area contributed by atoms with Crippen LogP contribution in [0.5, 0.6) is 0 Å². The van der Waals surface area contributed by atoms with Gasteiger partial charge in [-0.25, -0.2) is 8.42 Å². The number of rotatable bonds is 9. The molecule has 7 nitrogen and oxygen atoms in total. The highest BCUT2D eigenvalue weighted by Crippen LogP contribution is 2.36. The smallest absolute Gasteiger partial charge is 0.191 e. The number of aliphatic hydroxyl groups is 1. The van der Waals surface area contributed by atoms with Gasteiger partial charge in [0.25, 0.3) is 0 Å². The third-order valence-corrected chi connectivity index (χ3v) is 5.27. The first-order valence-electron chi connectivity index (χ1n) is 8.72. The van der Waals surface area contributed by atoms with Gasteiger partial charge in [-0.15, -0.1) is 0 Å². The summed E-state index contributed by atoms with van der Waals surface area (Å²) in [6.45, 7) is 6.60. The molecule has 1 fully saturated rings. The molecule has 0 aromatic carbocycles. The minimum atomic E-state index is -2.97. The van der Waals surface area contributed by atoms with E-state index >= 15 is 0 Å². The Morgan fingerprint density at radius 3 is 2.71 bits per heavy atom. The standard InChI is InChI=1S/C16H33N3O4S/c1-4-17-15(18-9-10-23-11-12-24(3,21)22)19-13-16(2)8-6-5-7-14(16)20/h14,20H,4-13H2,1-3H3,(H2,17,18,19). The molecule has 1 saturated carbocycles. The molecule has 0 aromatic heterocycles. The molecule has 3 N–H and O–H groups in total. The van der Waals surface area contributed by atoms with Gasteiger partial charge in [0.1, 0.15) is 9.84 Å².